The average molecular weight is 447 g/mol. The summed E-state index contributed by atoms with van der Waals surface area (Å²) in [5.74, 6) is -0.784. The lowest BCUT2D eigenvalue weighted by molar-refractivity contribution is -0.115. The number of thioether (sulfide) groups is 1. The predicted octanol–water partition coefficient (Wildman–Crippen LogP) is 4.54. The first-order valence-electron chi connectivity index (χ1n) is 8.91. The molecule has 1 atom stereocenters. The highest BCUT2D eigenvalue weighted by Gasteiger charge is 2.34. The van der Waals surface area contributed by atoms with Gasteiger partial charge >= 0.3 is 0 Å². The molecule has 30 heavy (non-hydrogen) atoms. The highest BCUT2D eigenvalue weighted by molar-refractivity contribution is 8.00. The number of hydrogen-bond acceptors (Lipinski definition) is 4. The van der Waals surface area contributed by atoms with E-state index in [0.717, 1.165) is 17.7 Å². The maximum Gasteiger partial charge on any atom is 0.261 e. The molecule has 1 amide bonds. The molecule has 1 saturated heterocycles. The normalized spacial score (nSPS) is 16.7. The molecular weight excluding hydrogens is 430 g/mol. The van der Waals surface area contributed by atoms with Crippen molar-refractivity contribution in [3.05, 3.63) is 90.0 Å². The van der Waals surface area contributed by atoms with E-state index >= 15 is 0 Å². The van der Waals surface area contributed by atoms with Crippen LogP contribution in [0, 0.1) is 11.6 Å². The molecule has 3 aromatic carbocycles. The van der Waals surface area contributed by atoms with Gasteiger partial charge in [0.05, 0.1) is 10.6 Å². The number of nitrogens with one attached hydrogen (secondary N) is 1. The van der Waals surface area contributed by atoms with Crippen molar-refractivity contribution in [2.45, 2.75) is 10.3 Å². The molecule has 0 radical (unpaired) electrons. The molecule has 154 valence electrons. The Labute approximate surface area is 176 Å². The molecule has 0 aromatic heterocycles. The van der Waals surface area contributed by atoms with Gasteiger partial charge in [0.2, 0.25) is 5.91 Å². The molecule has 4 rings (SSSR count). The molecule has 0 aliphatic carbocycles. The number of carbonyl (C=O) groups is 1. The highest BCUT2D eigenvalue weighted by atomic mass is 32.2. The van der Waals surface area contributed by atoms with E-state index in [1.807, 2.05) is 0 Å². The van der Waals surface area contributed by atoms with Crippen LogP contribution >= 0.6 is 11.8 Å². The monoisotopic (exact) mass is 446 g/mol. The lowest BCUT2D eigenvalue weighted by Gasteiger charge is -2.24. The Hall–Kier alpha value is -2.91. The zero-order chi connectivity index (χ0) is 21.3. The number of anilines is 2. The third-order valence-electron chi connectivity index (χ3n) is 4.52. The van der Waals surface area contributed by atoms with Gasteiger partial charge in [0.25, 0.3) is 10.0 Å². The van der Waals surface area contributed by atoms with Crippen LogP contribution in [-0.2, 0) is 14.8 Å². The van der Waals surface area contributed by atoms with Gasteiger partial charge in [-0.1, -0.05) is 12.1 Å². The topological polar surface area (TPSA) is 66.5 Å². The Kier molecular flexibility index (Phi) is 5.48. The van der Waals surface area contributed by atoms with Gasteiger partial charge in [-0.05, 0) is 66.2 Å². The number of nitrogens with zero attached hydrogens (tertiary/aromatic N) is 1. The van der Waals surface area contributed by atoms with Crippen LogP contribution in [0.5, 0.6) is 0 Å². The van der Waals surface area contributed by atoms with Crippen molar-refractivity contribution in [1.82, 2.24) is 0 Å². The van der Waals surface area contributed by atoms with Gasteiger partial charge in [-0.15, -0.1) is 11.8 Å². The van der Waals surface area contributed by atoms with Crippen LogP contribution in [0.2, 0.25) is 0 Å². The van der Waals surface area contributed by atoms with Gasteiger partial charge in [0.15, 0.2) is 0 Å². The van der Waals surface area contributed by atoms with Crippen molar-refractivity contribution in [2.75, 3.05) is 15.4 Å². The maximum atomic E-state index is 13.3. The van der Waals surface area contributed by atoms with E-state index in [1.54, 1.807) is 29.2 Å². The summed E-state index contributed by atoms with van der Waals surface area (Å²) in [7, 11) is -3.90. The lowest BCUT2D eigenvalue weighted by atomic mass is 10.1. The van der Waals surface area contributed by atoms with E-state index in [0.29, 0.717) is 11.4 Å². The predicted molar refractivity (Wildman–Crippen MR) is 113 cm³/mol. The zero-order valence-electron chi connectivity index (χ0n) is 15.5. The molecule has 1 heterocycles. The van der Waals surface area contributed by atoms with E-state index in [2.05, 4.69) is 4.72 Å². The van der Waals surface area contributed by atoms with Gasteiger partial charge in [0.1, 0.15) is 17.0 Å². The summed E-state index contributed by atoms with van der Waals surface area (Å²) in [6.45, 7) is 0. The SMILES string of the molecule is O=C1CS[C@@H](c2cccc(NS(=O)(=O)c3ccc(F)cc3)c2)N1c1ccc(F)cc1. The summed E-state index contributed by atoms with van der Waals surface area (Å²) < 4.78 is 54.0. The molecule has 3 aromatic rings. The van der Waals surface area contributed by atoms with Gasteiger partial charge in [-0.2, -0.15) is 0 Å². The third-order valence-corrected chi connectivity index (χ3v) is 7.13. The Morgan fingerprint density at radius 1 is 0.933 bits per heavy atom. The number of rotatable bonds is 5. The third kappa shape index (κ3) is 4.17. The molecule has 0 spiro atoms. The van der Waals surface area contributed by atoms with E-state index in [9.17, 15) is 22.0 Å². The minimum atomic E-state index is -3.90. The van der Waals surface area contributed by atoms with Crippen molar-refractivity contribution >= 4 is 39.1 Å². The van der Waals surface area contributed by atoms with Crippen molar-refractivity contribution in [1.29, 1.82) is 0 Å². The number of benzene rings is 3. The van der Waals surface area contributed by atoms with Crippen LogP contribution < -0.4 is 9.62 Å². The summed E-state index contributed by atoms with van der Waals surface area (Å²) >= 11 is 1.40. The highest BCUT2D eigenvalue weighted by Crippen LogP contribution is 2.42. The quantitative estimate of drug-likeness (QED) is 0.625. The number of sulfonamides is 1. The molecule has 0 unspecified atom stereocenters. The van der Waals surface area contributed by atoms with Crippen LogP contribution in [-0.4, -0.2) is 20.1 Å². The molecule has 0 bridgehead atoms. The van der Waals surface area contributed by atoms with E-state index in [1.165, 1.54) is 48.2 Å². The first-order valence-corrected chi connectivity index (χ1v) is 11.4. The Morgan fingerprint density at radius 3 is 2.23 bits per heavy atom. The van der Waals surface area contributed by atoms with Crippen LogP contribution in [0.15, 0.2) is 77.7 Å². The second kappa shape index (κ2) is 8.08. The van der Waals surface area contributed by atoms with Gasteiger partial charge in [-0.25, -0.2) is 17.2 Å². The van der Waals surface area contributed by atoms with E-state index in [4.69, 9.17) is 0 Å². The number of halogens is 2. The summed E-state index contributed by atoms with van der Waals surface area (Å²) in [6, 6.07) is 16.9. The van der Waals surface area contributed by atoms with Crippen LogP contribution in [0.1, 0.15) is 10.9 Å². The second-order valence-corrected chi connectivity index (χ2v) is 9.34. The summed E-state index contributed by atoms with van der Waals surface area (Å²) in [6.07, 6.45) is 0. The van der Waals surface area contributed by atoms with Crippen molar-refractivity contribution < 1.29 is 22.0 Å². The number of carbonyl (C=O) groups excluding carboxylic acids is 1. The summed E-state index contributed by atoms with van der Waals surface area (Å²) in [5, 5.41) is -0.377. The van der Waals surface area contributed by atoms with Gasteiger partial charge < -0.3 is 0 Å². The fourth-order valence-corrected chi connectivity index (χ4v) is 5.35. The molecule has 1 fully saturated rings. The maximum absolute atomic E-state index is 13.3. The smallest absolute Gasteiger partial charge is 0.261 e. The first kappa shape index (κ1) is 20.4. The minimum Gasteiger partial charge on any atom is -0.295 e. The van der Waals surface area contributed by atoms with Gasteiger partial charge in [-0.3, -0.25) is 14.4 Å². The average Bonchev–Trinajstić information content (AvgIpc) is 3.10. The van der Waals surface area contributed by atoms with Gasteiger partial charge in [0, 0.05) is 11.4 Å². The van der Waals surface area contributed by atoms with Crippen molar-refractivity contribution in [2.24, 2.45) is 0 Å². The zero-order valence-corrected chi connectivity index (χ0v) is 17.1. The number of amides is 1. The molecule has 5 nitrogen and oxygen atoms in total. The molecule has 0 saturated carbocycles. The fraction of sp³-hybridized carbons (Fsp3) is 0.0952. The molecule has 9 heteroatoms. The molecule has 1 aliphatic heterocycles. The first-order chi connectivity index (χ1) is 14.3. The molecular formula is C21H16F2N2O3S2. The van der Waals surface area contributed by atoms with E-state index < -0.39 is 21.7 Å². The standard InChI is InChI=1S/C21H16F2N2O3S2/c22-15-4-8-18(9-5-15)25-20(26)13-29-21(25)14-2-1-3-17(12-14)24-30(27,28)19-10-6-16(23)7-11-19/h1-12,21,24H,13H2/t21-/m0/s1. The summed E-state index contributed by atoms with van der Waals surface area (Å²) in [5.41, 5.74) is 1.60. The van der Waals surface area contributed by atoms with Crippen LogP contribution in [0.25, 0.3) is 0 Å². The minimum absolute atomic E-state index is 0.0624. The Balaban J connectivity index is 1.62. The lowest BCUT2D eigenvalue weighted by Crippen LogP contribution is -2.27. The van der Waals surface area contributed by atoms with Crippen LogP contribution in [0.4, 0.5) is 20.2 Å². The van der Waals surface area contributed by atoms with E-state index in [-0.39, 0.29) is 21.9 Å². The largest absolute Gasteiger partial charge is 0.295 e. The van der Waals surface area contributed by atoms with Crippen molar-refractivity contribution in [3.63, 3.8) is 0 Å². The van der Waals surface area contributed by atoms with Crippen molar-refractivity contribution in [3.8, 4) is 0 Å². The molecule has 1 N–H and O–H groups in total. The fourth-order valence-electron chi connectivity index (χ4n) is 3.14. The summed E-state index contributed by atoms with van der Waals surface area (Å²) in [4.78, 5) is 13.9. The second-order valence-electron chi connectivity index (χ2n) is 6.59. The Morgan fingerprint density at radius 2 is 1.57 bits per heavy atom. The van der Waals surface area contributed by atoms with Crippen LogP contribution in [0.3, 0.4) is 0 Å². The molecule has 1 aliphatic rings. The number of hydrogen-bond donors (Lipinski definition) is 1. The Bertz CT molecular complexity index is 1180.